The van der Waals surface area contributed by atoms with E-state index in [0.717, 1.165) is 12.1 Å². The number of azo groups is 2. The molecule has 0 fully saturated rings. The number of aryl methyl sites for hydroxylation is 1. The van der Waals surface area contributed by atoms with Crippen LogP contribution >= 0.6 is 0 Å². The van der Waals surface area contributed by atoms with Crippen molar-refractivity contribution in [2.75, 3.05) is 5.73 Å². The number of anilines is 1. The molecule has 17 heteroatoms. The van der Waals surface area contributed by atoms with Crippen molar-refractivity contribution < 1.29 is 38.9 Å². The molecule has 0 atom stereocenters. The number of nitrogens with zero attached hydrogens (tertiary/aromatic N) is 4. The van der Waals surface area contributed by atoms with Crippen LogP contribution in [0.1, 0.15) is 5.56 Å². The maximum absolute atomic E-state index is 12.1. The van der Waals surface area contributed by atoms with Gasteiger partial charge in [0.2, 0.25) is 0 Å². The van der Waals surface area contributed by atoms with Crippen LogP contribution in [-0.4, -0.2) is 38.9 Å². The lowest BCUT2D eigenvalue weighted by atomic mass is 10.1. The second-order valence-electron chi connectivity index (χ2n) is 8.35. The van der Waals surface area contributed by atoms with Crippen molar-refractivity contribution in [3.05, 3.63) is 72.3 Å². The third-order valence-corrected chi connectivity index (χ3v) is 8.05. The summed E-state index contributed by atoms with van der Waals surface area (Å²) in [6.45, 7) is 1.69. The number of benzene rings is 4. The number of nitrogen functional groups attached to an aromatic ring is 1. The van der Waals surface area contributed by atoms with Crippen molar-refractivity contribution in [1.82, 2.24) is 0 Å². The molecule has 4 aromatic carbocycles. The zero-order valence-electron chi connectivity index (χ0n) is 20.2. The van der Waals surface area contributed by atoms with Crippen molar-refractivity contribution >= 4 is 69.6 Å². The number of rotatable bonds is 7. The SMILES string of the molecule is Cc1cc(N=Nc2ccc(N)cc2)ccc1N=Nc1cc(S(=O)(=O)O)c2cc(S(=O)(=O)O)cc(S(=O)(=O)O)c2c1. The molecule has 0 radical (unpaired) electrons. The highest BCUT2D eigenvalue weighted by molar-refractivity contribution is 7.87. The van der Waals surface area contributed by atoms with Gasteiger partial charge in [-0.25, -0.2) is 0 Å². The minimum atomic E-state index is -5.15. The molecule has 40 heavy (non-hydrogen) atoms. The maximum Gasteiger partial charge on any atom is 0.295 e. The zero-order chi connectivity index (χ0) is 29.5. The van der Waals surface area contributed by atoms with Gasteiger partial charge < -0.3 is 5.73 Å². The Balaban J connectivity index is 1.79. The van der Waals surface area contributed by atoms with E-state index in [0.29, 0.717) is 40.4 Å². The third kappa shape index (κ3) is 6.53. The minimum Gasteiger partial charge on any atom is -0.399 e. The fourth-order valence-electron chi connectivity index (χ4n) is 3.57. The normalized spacial score (nSPS) is 13.0. The molecular weight excluding hydrogens is 586 g/mol. The second-order valence-corrected chi connectivity index (χ2v) is 12.5. The van der Waals surface area contributed by atoms with Gasteiger partial charge in [-0.15, -0.1) is 0 Å². The topological polar surface area (TPSA) is 239 Å². The van der Waals surface area contributed by atoms with E-state index in [2.05, 4.69) is 20.5 Å². The molecule has 208 valence electrons. The summed E-state index contributed by atoms with van der Waals surface area (Å²) in [5.41, 5.74) is 7.92. The highest BCUT2D eigenvalue weighted by atomic mass is 32.2. The van der Waals surface area contributed by atoms with E-state index in [9.17, 15) is 38.9 Å². The van der Waals surface area contributed by atoms with Gasteiger partial charge in [0, 0.05) is 16.5 Å². The highest BCUT2D eigenvalue weighted by Crippen LogP contribution is 2.36. The van der Waals surface area contributed by atoms with E-state index in [4.69, 9.17) is 5.73 Å². The van der Waals surface area contributed by atoms with E-state index < -0.39 is 55.8 Å². The van der Waals surface area contributed by atoms with E-state index in [1.807, 2.05) is 0 Å². The number of hydrogen-bond acceptors (Lipinski definition) is 11. The largest absolute Gasteiger partial charge is 0.399 e. The lowest BCUT2D eigenvalue weighted by molar-refractivity contribution is 0.478. The molecule has 0 saturated heterocycles. The Hall–Kier alpha value is -4.13. The zero-order valence-corrected chi connectivity index (χ0v) is 22.7. The van der Waals surface area contributed by atoms with Gasteiger partial charge in [-0.05, 0) is 79.2 Å². The summed E-state index contributed by atoms with van der Waals surface area (Å²) in [5, 5.41) is 15.1. The lowest BCUT2D eigenvalue weighted by Gasteiger charge is -2.11. The van der Waals surface area contributed by atoms with Crippen molar-refractivity contribution in [3.63, 3.8) is 0 Å². The molecule has 0 aliphatic carbocycles. The van der Waals surface area contributed by atoms with E-state index in [-0.39, 0.29) is 5.69 Å². The molecule has 5 N–H and O–H groups in total. The summed E-state index contributed by atoms with van der Waals surface area (Å²) in [4.78, 5) is -3.02. The molecule has 0 saturated carbocycles. The fraction of sp³-hybridized carbons (Fsp3) is 0.0435. The van der Waals surface area contributed by atoms with Crippen LogP contribution in [0.4, 0.5) is 28.4 Å². The van der Waals surface area contributed by atoms with E-state index in [1.165, 1.54) is 0 Å². The molecule has 14 nitrogen and oxygen atoms in total. The average molecular weight is 606 g/mol. The van der Waals surface area contributed by atoms with Crippen molar-refractivity contribution in [2.24, 2.45) is 20.5 Å². The predicted octanol–water partition coefficient (Wildman–Crippen LogP) is 5.30. The van der Waals surface area contributed by atoms with Gasteiger partial charge in [-0.2, -0.15) is 45.7 Å². The minimum absolute atomic E-state index is 0.267. The first kappa shape index (κ1) is 28.9. The molecule has 0 amide bonds. The Labute approximate surface area is 228 Å². The Kier molecular flexibility index (Phi) is 7.54. The first-order valence-corrected chi connectivity index (χ1v) is 15.2. The molecule has 0 bridgehead atoms. The van der Waals surface area contributed by atoms with Gasteiger partial charge in [0.15, 0.2) is 0 Å². The Morgan fingerprint density at radius 3 is 1.68 bits per heavy atom. The average Bonchev–Trinajstić information content (AvgIpc) is 2.85. The highest BCUT2D eigenvalue weighted by Gasteiger charge is 2.25. The summed E-state index contributed by atoms with van der Waals surface area (Å²) in [5.74, 6) is 0. The van der Waals surface area contributed by atoms with Crippen LogP contribution in [0.15, 0.2) is 102 Å². The Bertz CT molecular complexity index is 2040. The lowest BCUT2D eigenvalue weighted by Crippen LogP contribution is -2.07. The summed E-state index contributed by atoms with van der Waals surface area (Å²) in [7, 11) is -15.3. The number of nitrogens with two attached hydrogens (primary N) is 1. The molecule has 0 aromatic heterocycles. The Morgan fingerprint density at radius 2 is 1.10 bits per heavy atom. The first-order chi connectivity index (χ1) is 18.5. The van der Waals surface area contributed by atoms with Gasteiger partial charge in [0.1, 0.15) is 9.79 Å². The van der Waals surface area contributed by atoms with Crippen LogP contribution in [0.25, 0.3) is 10.8 Å². The van der Waals surface area contributed by atoms with Gasteiger partial charge >= 0.3 is 0 Å². The summed E-state index contributed by atoms with van der Waals surface area (Å²) < 4.78 is 100. The van der Waals surface area contributed by atoms with Crippen molar-refractivity contribution in [2.45, 2.75) is 21.6 Å². The molecule has 4 aromatic rings. The number of fused-ring (bicyclic) bond motifs is 1. The van der Waals surface area contributed by atoms with Gasteiger partial charge in [0.25, 0.3) is 30.4 Å². The van der Waals surface area contributed by atoms with Crippen LogP contribution < -0.4 is 5.73 Å². The second kappa shape index (κ2) is 10.5. The monoisotopic (exact) mass is 605 g/mol. The molecule has 0 unspecified atom stereocenters. The molecule has 0 heterocycles. The van der Waals surface area contributed by atoms with Crippen LogP contribution in [-0.2, 0) is 30.4 Å². The van der Waals surface area contributed by atoms with E-state index in [1.54, 1.807) is 49.4 Å². The Morgan fingerprint density at radius 1 is 0.575 bits per heavy atom. The standard InChI is InChI=1S/C23H19N5O9S3/c1-13-8-16(26-25-15-4-2-14(24)3-5-15)6-7-21(13)28-27-17-9-19-20(22(10-17)39(32,33)34)11-18(38(29,30)31)12-23(19)40(35,36)37/h2-12H,24H2,1H3,(H,29,30,31)(H,32,33,34)(H,35,36,37). The summed E-state index contributed by atoms with van der Waals surface area (Å²) in [6.07, 6.45) is 0. The maximum atomic E-state index is 12.1. The summed E-state index contributed by atoms with van der Waals surface area (Å²) in [6, 6.07) is 14.4. The number of hydrogen-bond donors (Lipinski definition) is 4. The molecule has 0 aliphatic heterocycles. The van der Waals surface area contributed by atoms with Crippen LogP contribution in [0.2, 0.25) is 0 Å². The van der Waals surface area contributed by atoms with Crippen molar-refractivity contribution in [1.29, 1.82) is 0 Å². The molecule has 4 rings (SSSR count). The first-order valence-electron chi connectivity index (χ1n) is 10.9. The van der Waals surface area contributed by atoms with Crippen LogP contribution in [0, 0.1) is 6.92 Å². The molecule has 0 aliphatic rings. The quantitative estimate of drug-likeness (QED) is 0.120. The molecular formula is C23H19N5O9S3. The summed E-state index contributed by atoms with van der Waals surface area (Å²) >= 11 is 0. The van der Waals surface area contributed by atoms with Crippen LogP contribution in [0.5, 0.6) is 0 Å². The van der Waals surface area contributed by atoms with Gasteiger partial charge in [0.05, 0.1) is 27.6 Å². The van der Waals surface area contributed by atoms with Crippen LogP contribution in [0.3, 0.4) is 0 Å². The smallest absolute Gasteiger partial charge is 0.295 e. The third-order valence-electron chi connectivity index (χ3n) is 5.43. The fourth-order valence-corrected chi connectivity index (χ4v) is 5.62. The van der Waals surface area contributed by atoms with E-state index >= 15 is 0 Å². The van der Waals surface area contributed by atoms with Gasteiger partial charge in [-0.1, -0.05) is 0 Å². The van der Waals surface area contributed by atoms with Gasteiger partial charge in [-0.3, -0.25) is 13.7 Å². The molecule has 0 spiro atoms. The van der Waals surface area contributed by atoms with Crippen molar-refractivity contribution in [3.8, 4) is 0 Å². The predicted molar refractivity (Wildman–Crippen MR) is 144 cm³/mol.